The summed E-state index contributed by atoms with van der Waals surface area (Å²) in [6, 6.07) is 8.22. The van der Waals surface area contributed by atoms with Crippen molar-refractivity contribution in [3.63, 3.8) is 0 Å². The van der Waals surface area contributed by atoms with E-state index in [0.29, 0.717) is 16.6 Å². The molecule has 2 nitrogen and oxygen atoms in total. The van der Waals surface area contributed by atoms with E-state index >= 15 is 0 Å². The number of ketones is 1. The molecule has 0 aromatic heterocycles. The summed E-state index contributed by atoms with van der Waals surface area (Å²) < 4.78 is 20.1. The maximum absolute atomic E-state index is 13.2. The zero-order chi connectivity index (χ0) is 15.0. The Labute approximate surface area is 138 Å². The van der Waals surface area contributed by atoms with Crippen LogP contribution in [0.3, 0.4) is 0 Å². The van der Waals surface area contributed by atoms with Gasteiger partial charge >= 0.3 is 0 Å². The Balaban J connectivity index is 1.90. The van der Waals surface area contributed by atoms with E-state index in [-0.39, 0.29) is 18.0 Å². The third-order valence-electron chi connectivity index (χ3n) is 3.42. The normalized spacial score (nSPS) is 12.9. The van der Waals surface area contributed by atoms with Crippen molar-refractivity contribution in [1.29, 1.82) is 0 Å². The lowest BCUT2D eigenvalue weighted by atomic mass is 10.00. The summed E-state index contributed by atoms with van der Waals surface area (Å²) in [5.74, 6) is 0.373. The van der Waals surface area contributed by atoms with Gasteiger partial charge in [0.2, 0.25) is 0 Å². The first-order chi connectivity index (χ1) is 10.0. The molecule has 0 aliphatic carbocycles. The van der Waals surface area contributed by atoms with Crippen molar-refractivity contribution in [2.45, 2.75) is 12.8 Å². The predicted octanol–water partition coefficient (Wildman–Crippen LogP) is 4.71. The van der Waals surface area contributed by atoms with Gasteiger partial charge in [0.15, 0.2) is 5.78 Å². The van der Waals surface area contributed by atoms with Crippen molar-refractivity contribution in [3.05, 3.63) is 61.8 Å². The number of benzene rings is 2. The number of rotatable bonds is 3. The van der Waals surface area contributed by atoms with Crippen molar-refractivity contribution < 1.29 is 13.9 Å². The van der Waals surface area contributed by atoms with Gasteiger partial charge in [0, 0.05) is 28.4 Å². The molecule has 5 heteroatoms. The standard InChI is InChI=1S/C16H11Br2FO2/c17-12-5-10-3-4-21-16(10)11(6-12)8-15(20)9-1-2-14(19)13(18)7-9/h1-2,5-7H,3-4,8H2. The van der Waals surface area contributed by atoms with E-state index in [9.17, 15) is 9.18 Å². The van der Waals surface area contributed by atoms with Crippen molar-refractivity contribution >= 4 is 37.6 Å². The molecule has 3 rings (SSSR count). The van der Waals surface area contributed by atoms with Gasteiger partial charge in [-0.25, -0.2) is 4.39 Å². The second-order valence-corrected chi connectivity index (χ2v) is 6.65. The smallest absolute Gasteiger partial charge is 0.167 e. The van der Waals surface area contributed by atoms with E-state index in [1.165, 1.54) is 18.2 Å². The molecule has 21 heavy (non-hydrogen) atoms. The van der Waals surface area contributed by atoms with Crippen LogP contribution in [0.25, 0.3) is 0 Å². The highest BCUT2D eigenvalue weighted by molar-refractivity contribution is 9.10. The second kappa shape index (κ2) is 5.89. The van der Waals surface area contributed by atoms with Crippen LogP contribution in [0.1, 0.15) is 21.5 Å². The van der Waals surface area contributed by atoms with Crippen LogP contribution in [0.4, 0.5) is 4.39 Å². The monoisotopic (exact) mass is 412 g/mol. The van der Waals surface area contributed by atoms with E-state index in [4.69, 9.17) is 4.74 Å². The van der Waals surface area contributed by atoms with Crippen LogP contribution in [-0.4, -0.2) is 12.4 Å². The number of carbonyl (C=O) groups excluding carboxylic acids is 1. The second-order valence-electron chi connectivity index (χ2n) is 4.88. The van der Waals surface area contributed by atoms with E-state index < -0.39 is 0 Å². The lowest BCUT2D eigenvalue weighted by Gasteiger charge is -2.09. The topological polar surface area (TPSA) is 26.3 Å². The Bertz CT molecular complexity index is 728. The Kier molecular flexibility index (Phi) is 4.13. The highest BCUT2D eigenvalue weighted by Crippen LogP contribution is 2.33. The molecule has 0 fully saturated rings. The van der Waals surface area contributed by atoms with E-state index in [1.807, 2.05) is 12.1 Å². The molecule has 0 unspecified atom stereocenters. The molecular weight excluding hydrogens is 403 g/mol. The minimum Gasteiger partial charge on any atom is -0.493 e. The third kappa shape index (κ3) is 3.04. The molecule has 1 aliphatic rings. The van der Waals surface area contributed by atoms with Crippen LogP contribution in [0.2, 0.25) is 0 Å². The molecule has 0 amide bonds. The summed E-state index contributed by atoms with van der Waals surface area (Å²) in [5, 5.41) is 0. The van der Waals surface area contributed by atoms with Crippen molar-refractivity contribution in [3.8, 4) is 5.75 Å². The highest BCUT2D eigenvalue weighted by Gasteiger charge is 2.20. The fraction of sp³-hybridized carbons (Fsp3) is 0.188. The Hall–Kier alpha value is -1.20. The van der Waals surface area contributed by atoms with Crippen molar-refractivity contribution in [2.75, 3.05) is 6.61 Å². The van der Waals surface area contributed by atoms with Crippen LogP contribution in [-0.2, 0) is 12.8 Å². The molecule has 0 spiro atoms. The summed E-state index contributed by atoms with van der Waals surface area (Å²) in [6.07, 6.45) is 1.10. The molecule has 0 saturated heterocycles. The fourth-order valence-electron chi connectivity index (χ4n) is 2.42. The van der Waals surface area contributed by atoms with Crippen molar-refractivity contribution in [2.24, 2.45) is 0 Å². The van der Waals surface area contributed by atoms with Crippen LogP contribution in [0, 0.1) is 5.82 Å². The first kappa shape index (κ1) is 14.7. The van der Waals surface area contributed by atoms with Crippen LogP contribution in [0.15, 0.2) is 39.3 Å². The van der Waals surface area contributed by atoms with E-state index in [0.717, 1.165) is 27.8 Å². The molecular formula is C16H11Br2FO2. The number of halogens is 3. The van der Waals surface area contributed by atoms with Gasteiger partial charge in [0.25, 0.3) is 0 Å². The molecule has 0 saturated carbocycles. The SMILES string of the molecule is O=C(Cc1cc(Br)cc2c1OCC2)c1ccc(F)c(Br)c1. The van der Waals surface area contributed by atoms with Crippen LogP contribution < -0.4 is 4.74 Å². The first-order valence-electron chi connectivity index (χ1n) is 6.47. The Morgan fingerprint density at radius 3 is 2.81 bits per heavy atom. The summed E-state index contributed by atoms with van der Waals surface area (Å²) in [6.45, 7) is 0.648. The Morgan fingerprint density at radius 1 is 1.24 bits per heavy atom. The number of fused-ring (bicyclic) bond motifs is 1. The fourth-order valence-corrected chi connectivity index (χ4v) is 3.35. The minimum absolute atomic E-state index is 0.0634. The maximum Gasteiger partial charge on any atom is 0.167 e. The molecule has 0 N–H and O–H groups in total. The minimum atomic E-state index is -0.377. The van der Waals surface area contributed by atoms with Gasteiger partial charge in [0.1, 0.15) is 11.6 Å². The lowest BCUT2D eigenvalue weighted by Crippen LogP contribution is -2.05. The molecule has 2 aromatic rings. The molecule has 1 heterocycles. The van der Waals surface area contributed by atoms with Gasteiger partial charge in [-0.2, -0.15) is 0 Å². The third-order valence-corrected chi connectivity index (χ3v) is 4.48. The van der Waals surface area contributed by atoms with Gasteiger partial charge in [-0.1, -0.05) is 15.9 Å². The number of carbonyl (C=O) groups is 1. The maximum atomic E-state index is 13.2. The van der Waals surface area contributed by atoms with Gasteiger partial charge < -0.3 is 4.74 Å². The first-order valence-corrected chi connectivity index (χ1v) is 8.05. The zero-order valence-electron chi connectivity index (χ0n) is 11.0. The van der Waals surface area contributed by atoms with E-state index in [2.05, 4.69) is 31.9 Å². The summed E-state index contributed by atoms with van der Waals surface area (Å²) in [5.41, 5.74) is 2.46. The van der Waals surface area contributed by atoms with Gasteiger partial charge in [-0.05, 0) is 51.8 Å². The average Bonchev–Trinajstić information content (AvgIpc) is 2.90. The summed E-state index contributed by atoms with van der Waals surface area (Å²) in [4.78, 5) is 12.4. The van der Waals surface area contributed by atoms with Crippen molar-refractivity contribution in [1.82, 2.24) is 0 Å². The highest BCUT2D eigenvalue weighted by atomic mass is 79.9. The summed E-state index contributed by atoms with van der Waals surface area (Å²) >= 11 is 6.56. The zero-order valence-corrected chi connectivity index (χ0v) is 14.1. The van der Waals surface area contributed by atoms with E-state index in [1.54, 1.807) is 0 Å². The number of Topliss-reactive ketones (excluding diaryl/α,β-unsaturated/α-hetero) is 1. The molecule has 0 radical (unpaired) electrons. The molecule has 108 valence electrons. The number of ether oxygens (including phenoxy) is 1. The average molecular weight is 414 g/mol. The van der Waals surface area contributed by atoms with Gasteiger partial charge in [0.05, 0.1) is 11.1 Å². The quantitative estimate of drug-likeness (QED) is 0.681. The molecule has 0 atom stereocenters. The molecule has 0 bridgehead atoms. The van der Waals surface area contributed by atoms with Crippen LogP contribution in [0.5, 0.6) is 5.75 Å². The largest absolute Gasteiger partial charge is 0.493 e. The number of hydrogen-bond donors (Lipinski definition) is 0. The molecule has 1 aliphatic heterocycles. The van der Waals surface area contributed by atoms with Gasteiger partial charge in [-0.3, -0.25) is 4.79 Å². The predicted molar refractivity (Wildman–Crippen MR) is 85.5 cm³/mol. The number of hydrogen-bond acceptors (Lipinski definition) is 2. The molecule has 2 aromatic carbocycles. The lowest BCUT2D eigenvalue weighted by molar-refractivity contribution is 0.0992. The van der Waals surface area contributed by atoms with Crippen LogP contribution >= 0.6 is 31.9 Å². The summed E-state index contributed by atoms with van der Waals surface area (Å²) in [7, 11) is 0. The van der Waals surface area contributed by atoms with Gasteiger partial charge in [-0.15, -0.1) is 0 Å². The Morgan fingerprint density at radius 2 is 2.05 bits per heavy atom.